The maximum absolute atomic E-state index is 10.4. The molecule has 0 aliphatic heterocycles. The molecule has 0 saturated heterocycles. The average molecular weight is 199 g/mol. The first-order chi connectivity index (χ1) is 6.74. The Morgan fingerprint density at radius 3 is 2.79 bits per heavy atom. The van der Waals surface area contributed by atoms with E-state index in [4.69, 9.17) is 15.4 Å². The van der Waals surface area contributed by atoms with Crippen molar-refractivity contribution in [1.29, 1.82) is 0 Å². The van der Waals surface area contributed by atoms with Crippen LogP contribution >= 0.6 is 0 Å². The number of hydrogen-bond donors (Lipinski definition) is 2. The van der Waals surface area contributed by atoms with E-state index < -0.39 is 5.97 Å². The maximum atomic E-state index is 10.4. The van der Waals surface area contributed by atoms with Crippen LogP contribution < -0.4 is 5.73 Å². The molecule has 0 unspecified atom stereocenters. The Labute approximate surface area is 81.1 Å². The average Bonchev–Trinajstić information content (AvgIpc) is 2.61. The summed E-state index contributed by atoms with van der Waals surface area (Å²) in [5.41, 5.74) is 5.32. The van der Waals surface area contributed by atoms with Gasteiger partial charge in [-0.1, -0.05) is 6.42 Å². The van der Waals surface area contributed by atoms with Crippen LogP contribution in [0.25, 0.3) is 0 Å². The molecule has 0 atom stereocenters. The van der Waals surface area contributed by atoms with Gasteiger partial charge >= 0.3 is 5.97 Å². The van der Waals surface area contributed by atoms with Crippen LogP contribution in [0.4, 0.5) is 0 Å². The van der Waals surface area contributed by atoms with Gasteiger partial charge in [-0.3, -0.25) is 0 Å². The van der Waals surface area contributed by atoms with Gasteiger partial charge < -0.3 is 15.4 Å². The number of aryl methyl sites for hydroxylation is 1. The van der Waals surface area contributed by atoms with E-state index in [1.807, 2.05) is 0 Å². The van der Waals surface area contributed by atoms with E-state index in [2.05, 4.69) is 10.1 Å². The molecule has 6 heteroatoms. The van der Waals surface area contributed by atoms with Crippen LogP contribution in [0.1, 0.15) is 35.8 Å². The number of aromatic carboxylic acids is 1. The summed E-state index contributed by atoms with van der Waals surface area (Å²) >= 11 is 0. The Bertz CT molecular complexity index is 298. The Morgan fingerprint density at radius 1 is 1.43 bits per heavy atom. The van der Waals surface area contributed by atoms with Crippen molar-refractivity contribution in [1.82, 2.24) is 10.1 Å². The smallest absolute Gasteiger partial charge is 0.377 e. The second-order valence-electron chi connectivity index (χ2n) is 2.92. The number of carboxylic acid groups (broad SMARTS) is 1. The minimum atomic E-state index is -1.16. The summed E-state index contributed by atoms with van der Waals surface area (Å²) in [6.45, 7) is 0.671. The maximum Gasteiger partial charge on any atom is 0.377 e. The molecule has 0 bridgehead atoms. The zero-order valence-corrected chi connectivity index (χ0v) is 7.77. The Hall–Kier alpha value is -1.43. The highest BCUT2D eigenvalue weighted by molar-refractivity contribution is 5.82. The van der Waals surface area contributed by atoms with E-state index in [1.54, 1.807) is 0 Å². The van der Waals surface area contributed by atoms with Crippen LogP contribution in [0.5, 0.6) is 0 Å². The lowest BCUT2D eigenvalue weighted by molar-refractivity contribution is 0.0680. The summed E-state index contributed by atoms with van der Waals surface area (Å²) in [7, 11) is 0. The molecule has 0 spiro atoms. The molecular formula is C8H13N3O3. The van der Waals surface area contributed by atoms with E-state index in [9.17, 15) is 4.79 Å². The van der Waals surface area contributed by atoms with Gasteiger partial charge in [-0.05, 0) is 24.5 Å². The lowest BCUT2D eigenvalue weighted by atomic mass is 10.2. The molecule has 0 radical (unpaired) electrons. The van der Waals surface area contributed by atoms with E-state index in [1.165, 1.54) is 0 Å². The molecular weight excluding hydrogens is 186 g/mol. The third-order valence-corrected chi connectivity index (χ3v) is 1.75. The van der Waals surface area contributed by atoms with Gasteiger partial charge in [0, 0.05) is 6.42 Å². The fraction of sp³-hybridized carbons (Fsp3) is 0.625. The molecule has 0 aliphatic carbocycles. The number of aromatic nitrogens is 2. The zero-order valence-electron chi connectivity index (χ0n) is 7.77. The Morgan fingerprint density at radius 2 is 2.21 bits per heavy atom. The predicted octanol–water partition coefficient (Wildman–Crippen LogP) is 0.439. The van der Waals surface area contributed by atoms with Crippen molar-refractivity contribution in [3.05, 3.63) is 11.7 Å². The van der Waals surface area contributed by atoms with Crippen LogP contribution in [0.2, 0.25) is 0 Å². The third-order valence-electron chi connectivity index (χ3n) is 1.75. The highest BCUT2D eigenvalue weighted by Gasteiger charge is 2.11. The summed E-state index contributed by atoms with van der Waals surface area (Å²) in [6, 6.07) is 0. The first-order valence-electron chi connectivity index (χ1n) is 4.50. The van der Waals surface area contributed by atoms with Gasteiger partial charge in [0.25, 0.3) is 5.82 Å². The summed E-state index contributed by atoms with van der Waals surface area (Å²) in [5, 5.41) is 11.8. The van der Waals surface area contributed by atoms with Gasteiger partial charge in [-0.25, -0.2) is 4.79 Å². The number of carboxylic acids is 1. The minimum absolute atomic E-state index is 0.279. The standard InChI is InChI=1S/C8H13N3O3/c9-5-3-1-2-4-6-10-7(8(12)13)11-14-6/h1-5,9H2,(H,12,13). The van der Waals surface area contributed by atoms with Gasteiger partial charge in [-0.2, -0.15) is 4.98 Å². The van der Waals surface area contributed by atoms with E-state index >= 15 is 0 Å². The first-order valence-corrected chi connectivity index (χ1v) is 4.50. The van der Waals surface area contributed by atoms with Gasteiger partial charge in [0.15, 0.2) is 0 Å². The predicted molar refractivity (Wildman–Crippen MR) is 47.9 cm³/mol. The van der Waals surface area contributed by atoms with Crippen LogP contribution in [0.15, 0.2) is 4.52 Å². The third kappa shape index (κ3) is 3.14. The molecule has 78 valence electrons. The summed E-state index contributed by atoms with van der Waals surface area (Å²) in [5.74, 6) is -1.07. The minimum Gasteiger partial charge on any atom is -0.475 e. The second-order valence-corrected chi connectivity index (χ2v) is 2.92. The second kappa shape index (κ2) is 5.33. The Kier molecular flexibility index (Phi) is 4.06. The molecule has 1 rings (SSSR count). The van der Waals surface area contributed by atoms with E-state index in [-0.39, 0.29) is 5.82 Å². The number of nitrogens with two attached hydrogens (primary N) is 1. The van der Waals surface area contributed by atoms with Crippen molar-refractivity contribution in [2.45, 2.75) is 25.7 Å². The lowest BCUT2D eigenvalue weighted by Crippen LogP contribution is -1.99. The highest BCUT2D eigenvalue weighted by atomic mass is 16.5. The molecule has 1 aromatic heterocycles. The quantitative estimate of drug-likeness (QED) is 0.644. The molecule has 0 fully saturated rings. The fourth-order valence-electron chi connectivity index (χ4n) is 1.04. The van der Waals surface area contributed by atoms with Gasteiger partial charge in [0.05, 0.1) is 0 Å². The van der Waals surface area contributed by atoms with Crippen molar-refractivity contribution >= 4 is 5.97 Å². The van der Waals surface area contributed by atoms with Crippen LogP contribution in [0, 0.1) is 0 Å². The number of hydrogen-bond acceptors (Lipinski definition) is 5. The van der Waals surface area contributed by atoms with E-state index in [0.29, 0.717) is 18.9 Å². The van der Waals surface area contributed by atoms with Crippen molar-refractivity contribution in [3.8, 4) is 0 Å². The molecule has 6 nitrogen and oxygen atoms in total. The number of rotatable bonds is 6. The van der Waals surface area contributed by atoms with Crippen molar-refractivity contribution < 1.29 is 14.4 Å². The fourth-order valence-corrected chi connectivity index (χ4v) is 1.04. The molecule has 3 N–H and O–H groups in total. The Balaban J connectivity index is 2.33. The van der Waals surface area contributed by atoms with Crippen LogP contribution in [-0.2, 0) is 6.42 Å². The SMILES string of the molecule is NCCCCCc1nc(C(=O)O)no1. The summed E-state index contributed by atoms with van der Waals surface area (Å²) in [4.78, 5) is 14.1. The molecule has 1 heterocycles. The highest BCUT2D eigenvalue weighted by Crippen LogP contribution is 2.04. The molecule has 14 heavy (non-hydrogen) atoms. The van der Waals surface area contributed by atoms with E-state index in [0.717, 1.165) is 19.3 Å². The molecule has 0 saturated carbocycles. The normalized spacial score (nSPS) is 10.4. The van der Waals surface area contributed by atoms with Gasteiger partial charge in [0.1, 0.15) is 0 Å². The van der Waals surface area contributed by atoms with Crippen LogP contribution in [0.3, 0.4) is 0 Å². The van der Waals surface area contributed by atoms with Crippen LogP contribution in [-0.4, -0.2) is 27.8 Å². The molecule has 0 amide bonds. The topological polar surface area (TPSA) is 102 Å². The largest absolute Gasteiger partial charge is 0.475 e. The van der Waals surface area contributed by atoms with Crippen molar-refractivity contribution in [2.24, 2.45) is 5.73 Å². The summed E-state index contributed by atoms with van der Waals surface area (Å²) < 4.78 is 4.73. The molecule has 0 aromatic carbocycles. The summed E-state index contributed by atoms with van der Waals surface area (Å²) in [6.07, 6.45) is 3.44. The number of carbonyl (C=O) groups is 1. The van der Waals surface area contributed by atoms with Gasteiger partial charge in [0.2, 0.25) is 5.89 Å². The molecule has 0 aliphatic rings. The number of unbranched alkanes of at least 4 members (excludes halogenated alkanes) is 2. The van der Waals surface area contributed by atoms with Crippen molar-refractivity contribution in [3.63, 3.8) is 0 Å². The zero-order chi connectivity index (χ0) is 10.4. The number of nitrogens with zero attached hydrogens (tertiary/aromatic N) is 2. The monoisotopic (exact) mass is 199 g/mol. The lowest BCUT2D eigenvalue weighted by Gasteiger charge is -1.93. The van der Waals surface area contributed by atoms with Crippen molar-refractivity contribution in [2.75, 3.05) is 6.54 Å². The molecule has 1 aromatic rings. The first kappa shape index (κ1) is 10.6. The van der Waals surface area contributed by atoms with Gasteiger partial charge in [-0.15, -0.1) is 0 Å².